The van der Waals surface area contributed by atoms with Crippen LogP contribution in [0.1, 0.15) is 15.9 Å². The summed E-state index contributed by atoms with van der Waals surface area (Å²) >= 11 is 5.84. The molecule has 0 radical (unpaired) electrons. The molecule has 0 saturated carbocycles. The Kier molecular flexibility index (Phi) is 4.61. The Morgan fingerprint density at radius 3 is 2.23 bits per heavy atom. The Labute approximate surface area is 130 Å². The van der Waals surface area contributed by atoms with Gasteiger partial charge in [-0.25, -0.2) is 9.59 Å². The first-order valence-electron chi connectivity index (χ1n) is 5.92. The van der Waals surface area contributed by atoms with Gasteiger partial charge in [-0.1, -0.05) is 11.6 Å². The average molecular weight is 318 g/mol. The minimum absolute atomic E-state index is 0.0884. The molecule has 2 rings (SSSR count). The molecule has 0 unspecified atom stereocenters. The van der Waals surface area contributed by atoms with Gasteiger partial charge in [0.1, 0.15) is 17.6 Å². The van der Waals surface area contributed by atoms with Gasteiger partial charge in [-0.2, -0.15) is 5.26 Å². The largest absolute Gasteiger partial charge is 0.511 e. The van der Waals surface area contributed by atoms with E-state index in [9.17, 15) is 9.59 Å². The number of carboxylic acid groups (broad SMARTS) is 1. The number of halogens is 1. The summed E-state index contributed by atoms with van der Waals surface area (Å²) in [5, 5.41) is 17.4. The van der Waals surface area contributed by atoms with Gasteiger partial charge in [-0.05, 0) is 36.4 Å². The number of nitrogens with zero attached hydrogens (tertiary/aromatic N) is 1. The molecule has 0 atom stereocenters. The highest BCUT2D eigenvalue weighted by molar-refractivity contribution is 6.31. The van der Waals surface area contributed by atoms with Crippen molar-refractivity contribution in [2.75, 3.05) is 0 Å². The van der Waals surface area contributed by atoms with Crippen LogP contribution in [0.2, 0.25) is 5.02 Å². The van der Waals surface area contributed by atoms with Gasteiger partial charge in [0.2, 0.25) is 0 Å². The summed E-state index contributed by atoms with van der Waals surface area (Å²) in [7, 11) is 0. The molecule has 7 heteroatoms. The number of hydrogen-bond donors (Lipinski definition) is 1. The standard InChI is InChI=1S/C15H8ClNO5/c16-13-7-12(6-3-10(13)8-17)21-14(18)9-1-4-11(5-2-9)22-15(19)20/h1-7H,(H,19,20). The molecule has 110 valence electrons. The predicted molar refractivity (Wildman–Crippen MR) is 76.2 cm³/mol. The molecule has 0 amide bonds. The van der Waals surface area contributed by atoms with Gasteiger partial charge in [-0.15, -0.1) is 0 Å². The van der Waals surface area contributed by atoms with Crippen molar-refractivity contribution in [2.45, 2.75) is 0 Å². The lowest BCUT2D eigenvalue weighted by atomic mass is 10.2. The van der Waals surface area contributed by atoms with Crippen LogP contribution in [-0.2, 0) is 0 Å². The molecular weight excluding hydrogens is 310 g/mol. The molecule has 2 aromatic carbocycles. The summed E-state index contributed by atoms with van der Waals surface area (Å²) in [5.41, 5.74) is 0.481. The van der Waals surface area contributed by atoms with Gasteiger partial charge in [0.15, 0.2) is 0 Å². The highest BCUT2D eigenvalue weighted by Crippen LogP contribution is 2.23. The van der Waals surface area contributed by atoms with E-state index in [4.69, 9.17) is 26.7 Å². The van der Waals surface area contributed by atoms with E-state index in [0.29, 0.717) is 0 Å². The van der Waals surface area contributed by atoms with Crippen LogP contribution < -0.4 is 9.47 Å². The average Bonchev–Trinajstić information content (AvgIpc) is 2.47. The SMILES string of the molecule is N#Cc1ccc(OC(=O)c2ccc(OC(=O)O)cc2)cc1Cl. The Bertz CT molecular complexity index is 764. The number of nitriles is 1. The summed E-state index contributed by atoms with van der Waals surface area (Å²) in [6.07, 6.45) is -1.44. The number of hydrogen-bond acceptors (Lipinski definition) is 5. The maximum Gasteiger partial charge on any atom is 0.511 e. The Morgan fingerprint density at radius 1 is 1.05 bits per heavy atom. The van der Waals surface area contributed by atoms with Gasteiger partial charge >= 0.3 is 12.1 Å². The lowest BCUT2D eigenvalue weighted by molar-refractivity contribution is 0.0735. The normalized spacial score (nSPS) is 9.64. The van der Waals surface area contributed by atoms with Gasteiger partial charge in [0.05, 0.1) is 16.1 Å². The Hall–Kier alpha value is -3.04. The van der Waals surface area contributed by atoms with Crippen molar-refractivity contribution in [1.29, 1.82) is 5.26 Å². The van der Waals surface area contributed by atoms with Gasteiger partial charge in [0.25, 0.3) is 0 Å². The van der Waals surface area contributed by atoms with Crippen LogP contribution in [0.5, 0.6) is 11.5 Å². The van der Waals surface area contributed by atoms with Crippen molar-refractivity contribution in [1.82, 2.24) is 0 Å². The summed E-state index contributed by atoms with van der Waals surface area (Å²) in [6.45, 7) is 0. The molecule has 0 spiro atoms. The lowest BCUT2D eigenvalue weighted by Crippen LogP contribution is -2.09. The Morgan fingerprint density at radius 2 is 1.68 bits per heavy atom. The molecule has 1 N–H and O–H groups in total. The molecule has 0 aliphatic rings. The molecule has 0 heterocycles. The van der Waals surface area contributed by atoms with E-state index in [1.165, 1.54) is 42.5 Å². The second kappa shape index (κ2) is 6.61. The number of ether oxygens (including phenoxy) is 2. The van der Waals surface area contributed by atoms with Crippen molar-refractivity contribution in [2.24, 2.45) is 0 Å². The molecular formula is C15H8ClNO5. The van der Waals surface area contributed by atoms with Gasteiger partial charge < -0.3 is 14.6 Å². The van der Waals surface area contributed by atoms with Crippen LogP contribution in [0.15, 0.2) is 42.5 Å². The van der Waals surface area contributed by atoms with Crippen LogP contribution in [-0.4, -0.2) is 17.2 Å². The minimum atomic E-state index is -1.44. The summed E-state index contributed by atoms with van der Waals surface area (Å²) in [5.74, 6) is -0.368. The second-order valence-corrected chi connectivity index (χ2v) is 4.44. The van der Waals surface area contributed by atoms with E-state index in [2.05, 4.69) is 4.74 Å². The smallest absolute Gasteiger partial charge is 0.449 e. The summed E-state index contributed by atoms with van der Waals surface area (Å²) in [6, 6.07) is 11.5. The molecule has 0 aliphatic heterocycles. The summed E-state index contributed by atoms with van der Waals surface area (Å²) < 4.78 is 9.54. The van der Waals surface area contributed by atoms with Crippen molar-refractivity contribution in [3.8, 4) is 17.6 Å². The van der Waals surface area contributed by atoms with Crippen LogP contribution in [0, 0.1) is 11.3 Å². The molecule has 0 fully saturated rings. The molecule has 0 aliphatic carbocycles. The van der Waals surface area contributed by atoms with Crippen molar-refractivity contribution >= 4 is 23.7 Å². The minimum Gasteiger partial charge on any atom is -0.449 e. The number of esters is 1. The zero-order valence-corrected chi connectivity index (χ0v) is 11.7. The number of rotatable bonds is 3. The first-order chi connectivity index (χ1) is 10.5. The third-order valence-electron chi connectivity index (χ3n) is 2.57. The quantitative estimate of drug-likeness (QED) is 0.529. The zero-order valence-electron chi connectivity index (χ0n) is 10.9. The monoisotopic (exact) mass is 317 g/mol. The maximum absolute atomic E-state index is 11.9. The van der Waals surface area contributed by atoms with Crippen molar-refractivity contribution in [3.05, 3.63) is 58.6 Å². The number of carbonyl (C=O) groups is 2. The van der Waals surface area contributed by atoms with Crippen LogP contribution in [0.3, 0.4) is 0 Å². The van der Waals surface area contributed by atoms with Crippen LogP contribution in [0.25, 0.3) is 0 Å². The lowest BCUT2D eigenvalue weighted by Gasteiger charge is -2.06. The molecule has 0 bridgehead atoms. The number of carbonyl (C=O) groups excluding carboxylic acids is 1. The van der Waals surface area contributed by atoms with E-state index < -0.39 is 12.1 Å². The number of benzene rings is 2. The van der Waals surface area contributed by atoms with E-state index in [1.807, 2.05) is 6.07 Å². The first-order valence-corrected chi connectivity index (χ1v) is 6.30. The highest BCUT2D eigenvalue weighted by atomic mass is 35.5. The maximum atomic E-state index is 11.9. The third kappa shape index (κ3) is 3.75. The molecule has 0 aromatic heterocycles. The molecule has 2 aromatic rings. The Balaban J connectivity index is 2.10. The van der Waals surface area contributed by atoms with Crippen molar-refractivity contribution in [3.63, 3.8) is 0 Å². The van der Waals surface area contributed by atoms with Crippen molar-refractivity contribution < 1.29 is 24.2 Å². The van der Waals surface area contributed by atoms with E-state index in [1.54, 1.807) is 0 Å². The first kappa shape index (κ1) is 15.4. The fourth-order valence-corrected chi connectivity index (χ4v) is 1.79. The second-order valence-electron chi connectivity index (χ2n) is 4.04. The molecule has 22 heavy (non-hydrogen) atoms. The van der Waals surface area contributed by atoms with Gasteiger partial charge in [-0.3, -0.25) is 0 Å². The molecule has 6 nitrogen and oxygen atoms in total. The molecule has 0 saturated heterocycles. The fraction of sp³-hybridized carbons (Fsp3) is 0. The van der Waals surface area contributed by atoms with Gasteiger partial charge in [0, 0.05) is 6.07 Å². The van der Waals surface area contributed by atoms with E-state index in [0.717, 1.165) is 0 Å². The van der Waals surface area contributed by atoms with E-state index >= 15 is 0 Å². The fourth-order valence-electron chi connectivity index (χ4n) is 1.58. The zero-order chi connectivity index (χ0) is 16.1. The summed E-state index contributed by atoms with van der Waals surface area (Å²) in [4.78, 5) is 22.3. The van der Waals surface area contributed by atoms with Crippen LogP contribution >= 0.6 is 11.6 Å². The third-order valence-corrected chi connectivity index (χ3v) is 2.88. The topological polar surface area (TPSA) is 96.6 Å². The predicted octanol–water partition coefficient (Wildman–Crippen LogP) is 3.49. The van der Waals surface area contributed by atoms with Crippen LogP contribution in [0.4, 0.5) is 4.79 Å². The highest BCUT2D eigenvalue weighted by Gasteiger charge is 2.11. The van der Waals surface area contributed by atoms with E-state index in [-0.39, 0.29) is 27.6 Å².